The van der Waals surface area contributed by atoms with Gasteiger partial charge in [-0.2, -0.15) is 0 Å². The second kappa shape index (κ2) is 6.10. The average molecular weight is 257 g/mol. The number of nitrogen functional groups attached to an aromatic ring is 1. The van der Waals surface area contributed by atoms with Crippen molar-refractivity contribution in [1.82, 2.24) is 5.32 Å². The van der Waals surface area contributed by atoms with Gasteiger partial charge in [-0.15, -0.1) is 0 Å². The Morgan fingerprint density at radius 2 is 2.18 bits per heavy atom. The third kappa shape index (κ3) is 3.64. The van der Waals surface area contributed by atoms with Crippen LogP contribution in [0.5, 0.6) is 0 Å². The largest absolute Gasteiger partial charge is 0.465 e. The zero-order valence-corrected chi connectivity index (χ0v) is 10.1. The number of ether oxygens (including phenoxy) is 1. The van der Waals surface area contributed by atoms with Gasteiger partial charge < -0.3 is 15.8 Å². The Morgan fingerprint density at radius 3 is 2.82 bits per heavy atom. The molecule has 0 saturated carbocycles. The molecule has 0 radical (unpaired) electrons. The first kappa shape index (κ1) is 13.3. The Morgan fingerprint density at radius 1 is 1.47 bits per heavy atom. The van der Waals surface area contributed by atoms with E-state index in [1.54, 1.807) is 19.1 Å². The first-order chi connectivity index (χ1) is 8.06. The number of hydrogen-bond acceptors (Lipinski definition) is 4. The summed E-state index contributed by atoms with van der Waals surface area (Å²) in [6.07, 6.45) is 0. The summed E-state index contributed by atoms with van der Waals surface area (Å²) in [4.78, 5) is 22.7. The van der Waals surface area contributed by atoms with Crippen LogP contribution in [0.3, 0.4) is 0 Å². The van der Waals surface area contributed by atoms with Gasteiger partial charge in [0.2, 0.25) is 0 Å². The van der Waals surface area contributed by atoms with Crippen LogP contribution in [0, 0.1) is 0 Å². The van der Waals surface area contributed by atoms with Crippen LogP contribution in [0.2, 0.25) is 5.02 Å². The minimum atomic E-state index is -0.499. The van der Waals surface area contributed by atoms with Crippen molar-refractivity contribution in [2.45, 2.75) is 6.92 Å². The highest BCUT2D eigenvalue weighted by molar-refractivity contribution is 6.36. The van der Waals surface area contributed by atoms with Gasteiger partial charge >= 0.3 is 5.97 Å². The highest BCUT2D eigenvalue weighted by atomic mass is 35.5. The Labute approximate surface area is 104 Å². The lowest BCUT2D eigenvalue weighted by atomic mass is 10.2. The lowest BCUT2D eigenvalue weighted by Gasteiger charge is -2.07. The summed E-state index contributed by atoms with van der Waals surface area (Å²) in [5.74, 6) is -0.962. The van der Waals surface area contributed by atoms with Gasteiger partial charge in [-0.05, 0) is 19.1 Å². The maximum absolute atomic E-state index is 11.7. The molecule has 5 nitrogen and oxygen atoms in total. The number of amides is 1. The maximum Gasteiger partial charge on any atom is 0.325 e. The molecule has 0 heterocycles. The first-order valence-electron chi connectivity index (χ1n) is 5.04. The molecule has 0 unspecified atom stereocenters. The molecule has 0 aliphatic heterocycles. The normalized spacial score (nSPS) is 9.76. The topological polar surface area (TPSA) is 81.4 Å². The smallest absolute Gasteiger partial charge is 0.325 e. The summed E-state index contributed by atoms with van der Waals surface area (Å²) in [5.41, 5.74) is 6.11. The van der Waals surface area contributed by atoms with Crippen molar-refractivity contribution in [3.05, 3.63) is 28.8 Å². The minimum Gasteiger partial charge on any atom is -0.465 e. The van der Waals surface area contributed by atoms with E-state index in [0.717, 1.165) is 0 Å². The van der Waals surface area contributed by atoms with Crippen LogP contribution < -0.4 is 11.1 Å². The standard InChI is InChI=1S/C11H13ClN2O3/c1-2-17-9(15)6-14-11(16)7-4-3-5-8(13)10(7)12/h3-5H,2,6,13H2,1H3,(H,14,16). The van der Waals surface area contributed by atoms with Crippen molar-refractivity contribution in [2.24, 2.45) is 0 Å². The molecule has 6 heteroatoms. The predicted octanol–water partition coefficient (Wildman–Crippen LogP) is 1.22. The molecule has 1 aromatic rings. The molecule has 0 spiro atoms. The molecule has 1 rings (SSSR count). The lowest BCUT2D eigenvalue weighted by molar-refractivity contribution is -0.141. The van der Waals surface area contributed by atoms with Crippen LogP contribution in [-0.2, 0) is 9.53 Å². The molecule has 0 aliphatic carbocycles. The van der Waals surface area contributed by atoms with Gasteiger partial charge in [0.25, 0.3) is 5.91 Å². The number of esters is 1. The highest BCUT2D eigenvalue weighted by Gasteiger charge is 2.13. The van der Waals surface area contributed by atoms with Crippen molar-refractivity contribution < 1.29 is 14.3 Å². The molecule has 0 aliphatic rings. The third-order valence-corrected chi connectivity index (χ3v) is 2.39. The molecule has 0 saturated heterocycles. The molecule has 17 heavy (non-hydrogen) atoms. The van der Waals surface area contributed by atoms with Gasteiger partial charge in [0.05, 0.1) is 22.9 Å². The quantitative estimate of drug-likeness (QED) is 0.627. The van der Waals surface area contributed by atoms with Crippen LogP contribution in [0.4, 0.5) is 5.69 Å². The Hall–Kier alpha value is -1.75. The van der Waals surface area contributed by atoms with E-state index in [2.05, 4.69) is 10.1 Å². The zero-order chi connectivity index (χ0) is 12.8. The summed E-state index contributed by atoms with van der Waals surface area (Å²) < 4.78 is 4.67. The van der Waals surface area contributed by atoms with E-state index in [4.69, 9.17) is 17.3 Å². The number of hydrogen-bond donors (Lipinski definition) is 2. The molecule has 0 fully saturated rings. The summed E-state index contributed by atoms with van der Waals surface area (Å²) in [7, 11) is 0. The number of carbonyl (C=O) groups is 2. The number of nitrogens with two attached hydrogens (primary N) is 1. The second-order valence-corrected chi connectivity index (χ2v) is 3.57. The highest BCUT2D eigenvalue weighted by Crippen LogP contribution is 2.22. The molecular weight excluding hydrogens is 244 g/mol. The fourth-order valence-corrected chi connectivity index (χ4v) is 1.40. The van der Waals surface area contributed by atoms with Gasteiger partial charge in [-0.1, -0.05) is 17.7 Å². The molecule has 0 atom stereocenters. The van der Waals surface area contributed by atoms with E-state index >= 15 is 0 Å². The van der Waals surface area contributed by atoms with Crippen molar-refractivity contribution in [1.29, 1.82) is 0 Å². The molecule has 1 aromatic carbocycles. The zero-order valence-electron chi connectivity index (χ0n) is 9.33. The number of nitrogens with one attached hydrogen (secondary N) is 1. The third-order valence-electron chi connectivity index (χ3n) is 1.97. The van der Waals surface area contributed by atoms with E-state index in [-0.39, 0.29) is 23.7 Å². The predicted molar refractivity (Wildman–Crippen MR) is 64.8 cm³/mol. The van der Waals surface area contributed by atoms with Crippen LogP contribution in [0.25, 0.3) is 0 Å². The Balaban J connectivity index is 2.64. The first-order valence-corrected chi connectivity index (χ1v) is 5.41. The van der Waals surface area contributed by atoms with E-state index < -0.39 is 11.9 Å². The van der Waals surface area contributed by atoms with Crippen LogP contribution >= 0.6 is 11.6 Å². The van der Waals surface area contributed by atoms with E-state index in [9.17, 15) is 9.59 Å². The summed E-state index contributed by atoms with van der Waals surface area (Å²) in [5, 5.41) is 2.57. The van der Waals surface area contributed by atoms with Gasteiger partial charge in [-0.25, -0.2) is 0 Å². The SMILES string of the molecule is CCOC(=O)CNC(=O)c1cccc(N)c1Cl. The fourth-order valence-electron chi connectivity index (χ4n) is 1.18. The summed E-state index contributed by atoms with van der Waals surface area (Å²) in [6, 6.07) is 4.73. The van der Waals surface area contributed by atoms with Crippen LogP contribution in [0.15, 0.2) is 18.2 Å². The summed E-state index contributed by atoms with van der Waals surface area (Å²) in [6.45, 7) is 1.76. The average Bonchev–Trinajstić information content (AvgIpc) is 2.30. The fraction of sp³-hybridized carbons (Fsp3) is 0.273. The Kier molecular flexibility index (Phi) is 4.78. The Bertz CT molecular complexity index is 435. The number of anilines is 1. The molecule has 1 amide bonds. The van der Waals surface area contributed by atoms with Gasteiger partial charge in [0, 0.05) is 0 Å². The monoisotopic (exact) mass is 256 g/mol. The number of rotatable bonds is 4. The van der Waals surface area contributed by atoms with E-state index in [1.165, 1.54) is 6.07 Å². The van der Waals surface area contributed by atoms with E-state index in [0.29, 0.717) is 5.69 Å². The van der Waals surface area contributed by atoms with Gasteiger partial charge in [0.1, 0.15) is 6.54 Å². The lowest BCUT2D eigenvalue weighted by Crippen LogP contribution is -2.30. The van der Waals surface area contributed by atoms with Crippen molar-refractivity contribution in [3.63, 3.8) is 0 Å². The second-order valence-electron chi connectivity index (χ2n) is 3.20. The maximum atomic E-state index is 11.7. The van der Waals surface area contributed by atoms with Crippen LogP contribution in [0.1, 0.15) is 17.3 Å². The molecule has 92 valence electrons. The minimum absolute atomic E-state index is 0.175. The molecular formula is C11H13ClN2O3. The summed E-state index contributed by atoms with van der Waals surface area (Å²) >= 11 is 5.86. The van der Waals surface area contributed by atoms with Crippen molar-refractivity contribution in [3.8, 4) is 0 Å². The van der Waals surface area contributed by atoms with E-state index in [1.807, 2.05) is 0 Å². The number of benzene rings is 1. The molecule has 0 aromatic heterocycles. The van der Waals surface area contributed by atoms with Gasteiger partial charge in [0.15, 0.2) is 0 Å². The van der Waals surface area contributed by atoms with Gasteiger partial charge in [-0.3, -0.25) is 9.59 Å². The van der Waals surface area contributed by atoms with Crippen molar-refractivity contribution >= 4 is 29.2 Å². The molecule has 0 bridgehead atoms. The molecule has 3 N–H and O–H groups in total. The van der Waals surface area contributed by atoms with Crippen molar-refractivity contribution in [2.75, 3.05) is 18.9 Å². The van der Waals surface area contributed by atoms with Crippen LogP contribution in [-0.4, -0.2) is 25.0 Å². The number of carbonyl (C=O) groups excluding carboxylic acids is 2. The number of halogens is 1.